The molecule has 1 saturated heterocycles. The molecule has 0 spiro atoms. The molecular weight excluding hydrogens is 379 g/mol. The zero-order valence-corrected chi connectivity index (χ0v) is 16.4. The van der Waals surface area contributed by atoms with Gasteiger partial charge in [-0.3, -0.25) is 0 Å². The molecule has 1 aliphatic rings. The molecule has 1 heterocycles. The first kappa shape index (κ1) is 18.1. The normalized spacial score (nSPS) is 15.1. The molecule has 0 aliphatic carbocycles. The summed E-state index contributed by atoms with van der Waals surface area (Å²) in [6.07, 6.45) is 6.40. The van der Waals surface area contributed by atoms with Gasteiger partial charge in [0.05, 0.1) is 16.5 Å². The lowest BCUT2D eigenvalue weighted by atomic mass is 9.97. The zero-order chi connectivity index (χ0) is 17.8. The van der Waals surface area contributed by atoms with E-state index in [1.165, 1.54) is 19.3 Å². The summed E-state index contributed by atoms with van der Waals surface area (Å²) in [7, 11) is 0. The topological polar surface area (TPSA) is 15.6 Å². The van der Waals surface area contributed by atoms with Gasteiger partial charge in [-0.15, -0.1) is 0 Å². The van der Waals surface area contributed by atoms with Gasteiger partial charge < -0.3 is 4.90 Å². The quantitative estimate of drug-likeness (QED) is 0.456. The second-order valence-electron chi connectivity index (χ2n) is 6.80. The highest BCUT2D eigenvalue weighted by Gasteiger charge is 2.11. The number of nitrogens with zero attached hydrogens (tertiary/aromatic N) is 2. The molecule has 2 aromatic rings. The van der Waals surface area contributed by atoms with E-state index in [1.807, 2.05) is 18.5 Å². The molecule has 2 aromatic carbocycles. The smallest absolute Gasteiger partial charge is 0.140 e. The van der Waals surface area contributed by atoms with Crippen molar-refractivity contribution in [2.45, 2.75) is 39.5 Å². The molecular formula is C21H24BrFN2. The molecule has 0 atom stereocenters. The highest BCUT2D eigenvalue weighted by atomic mass is 79.9. The number of aliphatic imine (C=N–C) groups is 1. The highest BCUT2D eigenvalue weighted by molar-refractivity contribution is 9.10. The van der Waals surface area contributed by atoms with Gasteiger partial charge in [-0.05, 0) is 83.4 Å². The molecule has 1 aliphatic heterocycles. The SMILES string of the molecule is Cc1cc(/N=C\N2CCCCC2)c(C)cc1Cc1cccc(Br)c1F. The van der Waals surface area contributed by atoms with Crippen molar-refractivity contribution < 1.29 is 4.39 Å². The average Bonchev–Trinajstić information content (AvgIpc) is 2.61. The fourth-order valence-electron chi connectivity index (χ4n) is 3.26. The van der Waals surface area contributed by atoms with Crippen LogP contribution in [-0.4, -0.2) is 24.3 Å². The first-order chi connectivity index (χ1) is 12.0. The van der Waals surface area contributed by atoms with E-state index in [4.69, 9.17) is 0 Å². The van der Waals surface area contributed by atoms with Crippen molar-refractivity contribution >= 4 is 28.0 Å². The first-order valence-corrected chi connectivity index (χ1v) is 9.65. The maximum atomic E-state index is 14.2. The predicted octanol–water partition coefficient (Wildman–Crippen LogP) is 5.94. The van der Waals surface area contributed by atoms with Crippen LogP contribution in [0.2, 0.25) is 0 Å². The Kier molecular flexibility index (Phi) is 5.89. The van der Waals surface area contributed by atoms with Crippen molar-refractivity contribution in [2.75, 3.05) is 13.1 Å². The number of benzene rings is 2. The van der Waals surface area contributed by atoms with Crippen LogP contribution in [0.25, 0.3) is 0 Å². The van der Waals surface area contributed by atoms with Gasteiger partial charge in [0.2, 0.25) is 0 Å². The van der Waals surface area contributed by atoms with Gasteiger partial charge in [-0.25, -0.2) is 9.38 Å². The van der Waals surface area contributed by atoms with E-state index < -0.39 is 0 Å². The number of aryl methyl sites for hydroxylation is 2. The van der Waals surface area contributed by atoms with Crippen molar-refractivity contribution in [2.24, 2.45) is 4.99 Å². The molecule has 25 heavy (non-hydrogen) atoms. The molecule has 0 unspecified atom stereocenters. The summed E-state index contributed by atoms with van der Waals surface area (Å²) in [6.45, 7) is 6.34. The van der Waals surface area contributed by atoms with E-state index >= 15 is 0 Å². The van der Waals surface area contributed by atoms with Crippen LogP contribution in [-0.2, 0) is 6.42 Å². The molecule has 0 amide bonds. The average molecular weight is 403 g/mol. The van der Waals surface area contributed by atoms with E-state index in [9.17, 15) is 4.39 Å². The Morgan fingerprint density at radius 2 is 1.84 bits per heavy atom. The Labute approximate surface area is 157 Å². The van der Waals surface area contributed by atoms with Crippen LogP contribution in [0.4, 0.5) is 10.1 Å². The summed E-state index contributed by atoms with van der Waals surface area (Å²) >= 11 is 3.26. The van der Waals surface area contributed by atoms with E-state index in [0.29, 0.717) is 16.5 Å². The van der Waals surface area contributed by atoms with Gasteiger partial charge in [-0.2, -0.15) is 0 Å². The van der Waals surface area contributed by atoms with Crippen LogP contribution in [0.3, 0.4) is 0 Å². The van der Waals surface area contributed by atoms with E-state index in [2.05, 4.69) is 51.8 Å². The van der Waals surface area contributed by atoms with E-state index in [0.717, 1.165) is 35.5 Å². The maximum Gasteiger partial charge on any atom is 0.140 e. The van der Waals surface area contributed by atoms with Gasteiger partial charge in [-0.1, -0.05) is 18.2 Å². The third-order valence-electron chi connectivity index (χ3n) is 4.82. The fourth-order valence-corrected chi connectivity index (χ4v) is 3.67. The Hall–Kier alpha value is -1.68. The van der Waals surface area contributed by atoms with Crippen molar-refractivity contribution in [3.8, 4) is 0 Å². The molecule has 4 heteroatoms. The molecule has 0 radical (unpaired) electrons. The van der Waals surface area contributed by atoms with Gasteiger partial charge in [0.25, 0.3) is 0 Å². The molecule has 0 bridgehead atoms. The van der Waals surface area contributed by atoms with Crippen molar-refractivity contribution in [1.29, 1.82) is 0 Å². The lowest BCUT2D eigenvalue weighted by molar-refractivity contribution is 0.351. The second-order valence-corrected chi connectivity index (χ2v) is 7.65. The van der Waals surface area contributed by atoms with Gasteiger partial charge in [0, 0.05) is 19.5 Å². The zero-order valence-electron chi connectivity index (χ0n) is 14.9. The number of hydrogen-bond acceptors (Lipinski definition) is 1. The van der Waals surface area contributed by atoms with Crippen molar-refractivity contribution in [1.82, 2.24) is 4.90 Å². The van der Waals surface area contributed by atoms with Crippen LogP contribution in [0.15, 0.2) is 39.8 Å². The third-order valence-corrected chi connectivity index (χ3v) is 5.43. The predicted molar refractivity (Wildman–Crippen MR) is 106 cm³/mol. The van der Waals surface area contributed by atoms with Crippen LogP contribution >= 0.6 is 15.9 Å². The highest BCUT2D eigenvalue weighted by Crippen LogP contribution is 2.27. The minimum absolute atomic E-state index is 0.174. The maximum absolute atomic E-state index is 14.2. The number of halogens is 2. The summed E-state index contributed by atoms with van der Waals surface area (Å²) < 4.78 is 14.8. The van der Waals surface area contributed by atoms with Gasteiger partial charge in [0.1, 0.15) is 5.82 Å². The summed E-state index contributed by atoms with van der Waals surface area (Å²) in [5.41, 5.74) is 5.13. The molecule has 132 valence electrons. The number of likely N-dealkylation sites (tertiary alicyclic amines) is 1. The molecule has 2 nitrogen and oxygen atoms in total. The molecule has 0 saturated carbocycles. The van der Waals surface area contributed by atoms with Crippen LogP contribution < -0.4 is 0 Å². The molecule has 0 aromatic heterocycles. The number of piperidine rings is 1. The Morgan fingerprint density at radius 1 is 1.08 bits per heavy atom. The van der Waals surface area contributed by atoms with E-state index in [1.54, 1.807) is 6.07 Å². The Bertz CT molecular complexity index is 780. The van der Waals surface area contributed by atoms with Crippen molar-refractivity contribution in [3.05, 3.63) is 62.9 Å². The summed E-state index contributed by atoms with van der Waals surface area (Å²) in [5, 5.41) is 0. The monoisotopic (exact) mass is 402 g/mol. The standard InChI is InChI=1S/C21H24BrFN2/c1-15-12-20(24-14-25-9-4-3-5-10-25)16(2)11-18(15)13-17-7-6-8-19(22)21(17)23/h6-8,11-12,14H,3-5,9-10,13H2,1-2H3/b24-14-. The molecule has 0 N–H and O–H groups in total. The van der Waals surface area contributed by atoms with E-state index in [-0.39, 0.29) is 5.82 Å². The number of rotatable bonds is 4. The van der Waals surface area contributed by atoms with Crippen molar-refractivity contribution in [3.63, 3.8) is 0 Å². The van der Waals surface area contributed by atoms with Crippen LogP contribution in [0, 0.1) is 19.7 Å². The largest absolute Gasteiger partial charge is 0.363 e. The van der Waals surface area contributed by atoms with Crippen LogP contribution in [0.5, 0.6) is 0 Å². The fraction of sp³-hybridized carbons (Fsp3) is 0.381. The number of hydrogen-bond donors (Lipinski definition) is 0. The Morgan fingerprint density at radius 3 is 2.60 bits per heavy atom. The lowest BCUT2D eigenvalue weighted by Gasteiger charge is -2.24. The third kappa shape index (κ3) is 4.49. The minimum Gasteiger partial charge on any atom is -0.363 e. The van der Waals surface area contributed by atoms with Gasteiger partial charge in [0.15, 0.2) is 0 Å². The molecule has 3 rings (SSSR count). The molecule has 1 fully saturated rings. The lowest BCUT2D eigenvalue weighted by Crippen LogP contribution is -2.28. The summed E-state index contributed by atoms with van der Waals surface area (Å²) in [6, 6.07) is 9.70. The second kappa shape index (κ2) is 8.13. The Balaban J connectivity index is 1.80. The van der Waals surface area contributed by atoms with Gasteiger partial charge >= 0.3 is 0 Å². The summed E-state index contributed by atoms with van der Waals surface area (Å²) in [5.74, 6) is -0.174. The van der Waals surface area contributed by atoms with Crippen LogP contribution in [0.1, 0.15) is 41.5 Å². The summed E-state index contributed by atoms with van der Waals surface area (Å²) in [4.78, 5) is 6.98. The first-order valence-electron chi connectivity index (χ1n) is 8.86. The minimum atomic E-state index is -0.174.